The molecule has 1 aromatic carbocycles. The molecule has 0 spiro atoms. The van der Waals surface area contributed by atoms with Crippen molar-refractivity contribution in [2.45, 2.75) is 39.2 Å². The molecule has 2 fully saturated rings. The zero-order chi connectivity index (χ0) is 23.3. The van der Waals surface area contributed by atoms with Gasteiger partial charge in [-0.1, -0.05) is 6.42 Å². The zero-order valence-electron chi connectivity index (χ0n) is 18.5. The van der Waals surface area contributed by atoms with Crippen molar-refractivity contribution >= 4 is 35.2 Å². The fourth-order valence-electron chi connectivity index (χ4n) is 4.71. The summed E-state index contributed by atoms with van der Waals surface area (Å²) in [7, 11) is 0. The number of anilines is 1. The van der Waals surface area contributed by atoms with Gasteiger partial charge in [0.1, 0.15) is 5.82 Å². The molecule has 3 N–H and O–H groups in total. The number of carbonyl (C=O) groups is 3. The lowest BCUT2D eigenvalue weighted by Crippen LogP contribution is -2.43. The second-order valence-corrected chi connectivity index (χ2v) is 8.82. The summed E-state index contributed by atoms with van der Waals surface area (Å²) in [5.41, 5.74) is 3.22. The summed E-state index contributed by atoms with van der Waals surface area (Å²) in [6, 6.07) is 3.89. The van der Waals surface area contributed by atoms with Crippen LogP contribution in [-0.2, 0) is 9.59 Å². The average molecular weight is 452 g/mol. The Morgan fingerprint density at radius 3 is 2.79 bits per heavy atom. The second kappa shape index (κ2) is 8.06. The Morgan fingerprint density at radius 2 is 2.03 bits per heavy atom. The van der Waals surface area contributed by atoms with Gasteiger partial charge in [-0.2, -0.15) is 0 Å². The Morgan fingerprint density at radius 1 is 1.24 bits per heavy atom. The van der Waals surface area contributed by atoms with E-state index in [4.69, 9.17) is 4.74 Å². The van der Waals surface area contributed by atoms with E-state index in [2.05, 4.69) is 15.6 Å². The zero-order valence-corrected chi connectivity index (χ0v) is 18.5. The van der Waals surface area contributed by atoms with Crippen molar-refractivity contribution in [3.8, 4) is 5.75 Å². The molecule has 2 aromatic rings. The van der Waals surface area contributed by atoms with Gasteiger partial charge >= 0.3 is 6.09 Å². The van der Waals surface area contributed by atoms with E-state index in [0.29, 0.717) is 39.5 Å². The number of hydrogen-bond acceptors (Lipinski definition) is 4. The van der Waals surface area contributed by atoms with Crippen LogP contribution in [0.3, 0.4) is 0 Å². The molecule has 1 saturated carbocycles. The van der Waals surface area contributed by atoms with E-state index in [0.717, 1.165) is 32.4 Å². The van der Waals surface area contributed by atoms with E-state index in [-0.39, 0.29) is 23.8 Å². The van der Waals surface area contributed by atoms with E-state index < -0.39 is 11.9 Å². The fourth-order valence-corrected chi connectivity index (χ4v) is 4.71. The number of aryl methyl sites for hydroxylation is 1. The number of hydrogen-bond donors (Lipinski definition) is 3. The molecule has 1 aliphatic carbocycles. The predicted octanol–water partition coefficient (Wildman–Crippen LogP) is 3.36. The Labute approximate surface area is 190 Å². The summed E-state index contributed by atoms with van der Waals surface area (Å²) < 4.78 is 19.3. The summed E-state index contributed by atoms with van der Waals surface area (Å²) in [6.07, 6.45) is 3.42. The van der Waals surface area contributed by atoms with Crippen LogP contribution in [0, 0.1) is 25.6 Å². The van der Waals surface area contributed by atoms with E-state index in [1.165, 1.54) is 18.2 Å². The molecule has 2 aliphatic heterocycles. The minimum absolute atomic E-state index is 0.104. The highest BCUT2D eigenvalue weighted by Crippen LogP contribution is 2.36. The van der Waals surface area contributed by atoms with Crippen LogP contribution in [0.5, 0.6) is 5.75 Å². The van der Waals surface area contributed by atoms with Crippen molar-refractivity contribution in [1.29, 1.82) is 0 Å². The highest BCUT2D eigenvalue weighted by molar-refractivity contribution is 6.34. The first-order valence-electron chi connectivity index (χ1n) is 11.1. The molecular weight excluding hydrogens is 427 g/mol. The number of nitrogens with one attached hydrogen (secondary N) is 3. The van der Waals surface area contributed by atoms with Crippen molar-refractivity contribution in [2.24, 2.45) is 5.92 Å². The van der Waals surface area contributed by atoms with Gasteiger partial charge in [0.15, 0.2) is 5.75 Å². The van der Waals surface area contributed by atoms with Crippen LogP contribution < -0.4 is 15.4 Å². The largest absolute Gasteiger partial charge is 0.412 e. The van der Waals surface area contributed by atoms with Gasteiger partial charge in [0.05, 0.1) is 17.2 Å². The number of ether oxygens (including phenoxy) is 1. The molecule has 1 aromatic heterocycles. The summed E-state index contributed by atoms with van der Waals surface area (Å²) >= 11 is 0. The number of aromatic amines is 1. The summed E-state index contributed by atoms with van der Waals surface area (Å²) in [5, 5.41) is 5.58. The first-order valence-corrected chi connectivity index (χ1v) is 11.1. The molecule has 0 radical (unpaired) electrons. The molecule has 9 heteroatoms. The van der Waals surface area contributed by atoms with Gasteiger partial charge < -0.3 is 25.3 Å². The van der Waals surface area contributed by atoms with Crippen LogP contribution in [0.15, 0.2) is 18.2 Å². The number of nitrogens with zero attached hydrogens (tertiary/aromatic N) is 1. The van der Waals surface area contributed by atoms with Gasteiger partial charge in [-0.15, -0.1) is 0 Å². The van der Waals surface area contributed by atoms with Crippen LogP contribution >= 0.6 is 0 Å². The Kier molecular flexibility index (Phi) is 5.19. The quantitative estimate of drug-likeness (QED) is 0.489. The molecule has 0 bridgehead atoms. The third-order valence-electron chi connectivity index (χ3n) is 6.55. The molecule has 1 saturated heterocycles. The molecule has 3 amide bonds. The number of halogens is 1. The molecule has 3 heterocycles. The van der Waals surface area contributed by atoms with Gasteiger partial charge in [0.25, 0.3) is 5.91 Å². The molecule has 0 unspecified atom stereocenters. The summed E-state index contributed by atoms with van der Waals surface area (Å²) in [5.74, 6) is -0.490. The van der Waals surface area contributed by atoms with Gasteiger partial charge in [-0.05, 0) is 51.0 Å². The molecule has 172 valence electrons. The maximum Gasteiger partial charge on any atom is 0.412 e. The molecule has 33 heavy (non-hydrogen) atoms. The Hall–Kier alpha value is -3.62. The average Bonchev–Trinajstić information content (AvgIpc) is 3.39. The van der Waals surface area contributed by atoms with E-state index in [9.17, 15) is 18.8 Å². The van der Waals surface area contributed by atoms with Crippen molar-refractivity contribution in [3.63, 3.8) is 0 Å². The number of benzene rings is 1. The number of rotatable bonds is 4. The third kappa shape index (κ3) is 3.99. The lowest BCUT2D eigenvalue weighted by atomic mass is 10.0. The second-order valence-electron chi connectivity index (χ2n) is 8.82. The molecule has 2 atom stereocenters. The van der Waals surface area contributed by atoms with Gasteiger partial charge in [-0.3, -0.25) is 9.59 Å². The first-order chi connectivity index (χ1) is 15.8. The van der Waals surface area contributed by atoms with Crippen LogP contribution in [0.1, 0.15) is 41.8 Å². The summed E-state index contributed by atoms with van der Waals surface area (Å²) in [4.78, 5) is 42.4. The SMILES string of the molecule is Cc1[nH]c(/C=C2\C(=O)Nc3ccc(F)cc32)c(C)c1OC(=O)N[C@@H]1CCC[C@@H]1C(=O)N1CC1. The van der Waals surface area contributed by atoms with Crippen LogP contribution in [-0.4, -0.2) is 46.9 Å². The Balaban J connectivity index is 1.33. The van der Waals surface area contributed by atoms with Crippen molar-refractivity contribution in [2.75, 3.05) is 18.4 Å². The number of carbonyl (C=O) groups excluding carboxylic acids is 3. The first kappa shape index (κ1) is 21.2. The third-order valence-corrected chi connectivity index (χ3v) is 6.55. The number of aromatic nitrogens is 1. The lowest BCUT2D eigenvalue weighted by molar-refractivity contribution is -0.130. The number of H-pyrrole nitrogens is 1. The maximum atomic E-state index is 13.7. The molecular formula is C24H25FN4O4. The van der Waals surface area contributed by atoms with Crippen molar-refractivity contribution < 1.29 is 23.5 Å². The van der Waals surface area contributed by atoms with Gasteiger partial charge in [-0.25, -0.2) is 9.18 Å². The van der Waals surface area contributed by atoms with Crippen LogP contribution in [0.4, 0.5) is 14.9 Å². The highest BCUT2D eigenvalue weighted by Gasteiger charge is 2.39. The smallest absolute Gasteiger partial charge is 0.408 e. The normalized spacial score (nSPS) is 22.3. The van der Waals surface area contributed by atoms with Crippen LogP contribution in [0.2, 0.25) is 0 Å². The molecule has 3 aliphatic rings. The van der Waals surface area contributed by atoms with E-state index >= 15 is 0 Å². The van der Waals surface area contributed by atoms with E-state index in [1.54, 1.807) is 24.8 Å². The van der Waals surface area contributed by atoms with E-state index in [1.807, 2.05) is 0 Å². The molecule has 5 rings (SSSR count). The van der Waals surface area contributed by atoms with Gasteiger partial charge in [0.2, 0.25) is 5.91 Å². The number of fused-ring (bicyclic) bond motifs is 1. The van der Waals surface area contributed by atoms with Crippen LogP contribution in [0.25, 0.3) is 11.6 Å². The topological polar surface area (TPSA) is 103 Å². The Bertz CT molecular complexity index is 1200. The maximum absolute atomic E-state index is 13.7. The minimum Gasteiger partial charge on any atom is -0.408 e. The van der Waals surface area contributed by atoms with Crippen molar-refractivity contribution in [3.05, 3.63) is 46.5 Å². The van der Waals surface area contributed by atoms with Gasteiger partial charge in [0, 0.05) is 41.6 Å². The fraction of sp³-hybridized carbons (Fsp3) is 0.375. The lowest BCUT2D eigenvalue weighted by Gasteiger charge is -2.20. The minimum atomic E-state index is -0.610. The standard InChI is InChI=1S/C24H25FN4O4/c1-12-20(11-17-16-10-14(25)6-7-19(16)27-22(17)30)26-13(2)21(12)33-24(32)28-18-5-3-4-15(18)23(31)29-8-9-29/h6-7,10-11,15,18,26H,3-5,8-9H2,1-2H3,(H,27,30)(H,28,32)/b17-11-/t15-,18+/m0/s1. The predicted molar refractivity (Wildman–Crippen MR) is 120 cm³/mol. The van der Waals surface area contributed by atoms with Crippen molar-refractivity contribution in [1.82, 2.24) is 15.2 Å². The number of amides is 3. The monoisotopic (exact) mass is 452 g/mol. The highest BCUT2D eigenvalue weighted by atomic mass is 19.1. The molecule has 8 nitrogen and oxygen atoms in total. The summed E-state index contributed by atoms with van der Waals surface area (Å²) in [6.45, 7) is 5.13.